The monoisotopic (exact) mass is 337 g/mol. The molecule has 0 spiro atoms. The van der Waals surface area contributed by atoms with E-state index in [2.05, 4.69) is 14.9 Å². The van der Waals surface area contributed by atoms with E-state index >= 15 is 0 Å². The second-order valence-electron chi connectivity index (χ2n) is 6.47. The van der Waals surface area contributed by atoms with Crippen LogP contribution in [0, 0.1) is 5.82 Å². The summed E-state index contributed by atoms with van der Waals surface area (Å²) >= 11 is 0. The Morgan fingerprint density at radius 1 is 1.12 bits per heavy atom. The molecule has 1 unspecified atom stereocenters. The van der Waals surface area contributed by atoms with E-state index in [0.29, 0.717) is 5.92 Å². The summed E-state index contributed by atoms with van der Waals surface area (Å²) in [6.45, 7) is 2.84. The molecule has 1 aromatic carbocycles. The van der Waals surface area contributed by atoms with Crippen molar-refractivity contribution in [1.29, 1.82) is 0 Å². The Labute approximate surface area is 146 Å². The Morgan fingerprint density at radius 2 is 2.00 bits per heavy atom. The molecule has 1 atom stereocenters. The fourth-order valence-corrected chi connectivity index (χ4v) is 3.37. The summed E-state index contributed by atoms with van der Waals surface area (Å²) in [4.78, 5) is 15.6. The van der Waals surface area contributed by atoms with Crippen LogP contribution in [0.2, 0.25) is 0 Å². The van der Waals surface area contributed by atoms with Gasteiger partial charge in [0.15, 0.2) is 5.82 Å². The van der Waals surface area contributed by atoms with Gasteiger partial charge in [0.1, 0.15) is 12.1 Å². The van der Waals surface area contributed by atoms with Gasteiger partial charge in [-0.3, -0.25) is 14.5 Å². The van der Waals surface area contributed by atoms with Gasteiger partial charge >= 0.3 is 0 Å². The van der Waals surface area contributed by atoms with Crippen molar-refractivity contribution in [2.45, 2.75) is 25.3 Å². The fourth-order valence-electron chi connectivity index (χ4n) is 3.37. The molecule has 0 radical (unpaired) electrons. The van der Waals surface area contributed by atoms with Crippen LogP contribution in [0.15, 0.2) is 55.4 Å². The lowest BCUT2D eigenvalue weighted by atomic mass is 9.94. The van der Waals surface area contributed by atoms with Gasteiger partial charge in [0.05, 0.1) is 11.9 Å². The summed E-state index contributed by atoms with van der Waals surface area (Å²) in [5, 5.41) is 0. The maximum atomic E-state index is 13.1. The molecule has 2 aromatic heterocycles. The predicted octanol–water partition coefficient (Wildman–Crippen LogP) is 3.18. The maximum Gasteiger partial charge on any atom is 0.156 e. The molecule has 25 heavy (non-hydrogen) atoms. The van der Waals surface area contributed by atoms with Crippen molar-refractivity contribution < 1.29 is 4.39 Å². The third-order valence-corrected chi connectivity index (χ3v) is 4.65. The van der Waals surface area contributed by atoms with Gasteiger partial charge in [-0.25, -0.2) is 14.4 Å². The summed E-state index contributed by atoms with van der Waals surface area (Å²) < 4.78 is 14.9. The summed E-state index contributed by atoms with van der Waals surface area (Å²) in [5.74, 6) is 0.975. The lowest BCUT2D eigenvalue weighted by Crippen LogP contribution is -2.34. The Kier molecular flexibility index (Phi) is 4.52. The maximum absolute atomic E-state index is 13.1. The molecule has 5 nitrogen and oxygen atoms in total. The zero-order chi connectivity index (χ0) is 17.1. The lowest BCUT2D eigenvalue weighted by Gasteiger charge is -2.32. The highest BCUT2D eigenvalue weighted by Gasteiger charge is 2.23. The molecular weight excluding hydrogens is 317 g/mol. The molecule has 1 aliphatic rings. The van der Waals surface area contributed by atoms with Crippen LogP contribution in [0.3, 0.4) is 0 Å². The van der Waals surface area contributed by atoms with Gasteiger partial charge in [0.25, 0.3) is 0 Å². The normalized spacial score (nSPS) is 18.4. The molecule has 1 fully saturated rings. The first-order valence-electron chi connectivity index (χ1n) is 8.55. The second kappa shape index (κ2) is 7.11. The van der Waals surface area contributed by atoms with E-state index in [-0.39, 0.29) is 5.82 Å². The van der Waals surface area contributed by atoms with Gasteiger partial charge in [-0.05, 0) is 37.1 Å². The summed E-state index contributed by atoms with van der Waals surface area (Å²) in [6, 6.07) is 6.77. The number of aromatic nitrogens is 4. The number of piperidine rings is 1. The van der Waals surface area contributed by atoms with Crippen molar-refractivity contribution in [2.24, 2.45) is 0 Å². The second-order valence-corrected chi connectivity index (χ2v) is 6.47. The van der Waals surface area contributed by atoms with E-state index in [0.717, 1.165) is 49.6 Å². The molecule has 1 saturated heterocycles. The van der Waals surface area contributed by atoms with Crippen LogP contribution in [-0.2, 0) is 6.54 Å². The first-order valence-corrected chi connectivity index (χ1v) is 8.55. The first-order chi connectivity index (χ1) is 12.3. The first kappa shape index (κ1) is 15.9. The topological polar surface area (TPSA) is 46.8 Å². The summed E-state index contributed by atoms with van der Waals surface area (Å²) in [5.41, 5.74) is 2.16. The lowest BCUT2D eigenvalue weighted by molar-refractivity contribution is 0.198. The highest BCUT2D eigenvalue weighted by atomic mass is 19.1. The Hall–Kier alpha value is -2.60. The van der Waals surface area contributed by atoms with Crippen LogP contribution < -0.4 is 0 Å². The molecule has 0 aliphatic carbocycles. The minimum Gasteiger partial charge on any atom is -0.298 e. The van der Waals surface area contributed by atoms with Gasteiger partial charge in [-0.2, -0.15) is 0 Å². The number of rotatable bonds is 4. The van der Waals surface area contributed by atoms with E-state index in [1.807, 2.05) is 29.1 Å². The van der Waals surface area contributed by atoms with Crippen molar-refractivity contribution in [3.05, 3.63) is 72.5 Å². The molecule has 3 aromatic rings. The fraction of sp³-hybridized carbons (Fsp3) is 0.316. The summed E-state index contributed by atoms with van der Waals surface area (Å²) in [6.07, 6.45) is 11.2. The van der Waals surface area contributed by atoms with Crippen LogP contribution in [0.25, 0.3) is 5.82 Å². The Balaban J connectivity index is 1.47. The van der Waals surface area contributed by atoms with E-state index in [4.69, 9.17) is 4.98 Å². The number of likely N-dealkylation sites (tertiary alicyclic amines) is 1. The summed E-state index contributed by atoms with van der Waals surface area (Å²) in [7, 11) is 0. The standard InChI is InChI=1S/C19H20FN5/c20-17-5-3-15(4-6-17)12-24-8-1-2-16(13-24)18-10-22-11-19(23-18)25-9-7-21-14-25/h3-7,9-11,14,16H,1-2,8,12-13H2. The predicted molar refractivity (Wildman–Crippen MR) is 92.8 cm³/mol. The molecule has 1 aliphatic heterocycles. The van der Waals surface area contributed by atoms with Gasteiger partial charge < -0.3 is 0 Å². The largest absolute Gasteiger partial charge is 0.298 e. The molecule has 4 rings (SSSR count). The van der Waals surface area contributed by atoms with Crippen molar-refractivity contribution in [3.63, 3.8) is 0 Å². The minimum atomic E-state index is -0.188. The number of hydrogen-bond acceptors (Lipinski definition) is 4. The van der Waals surface area contributed by atoms with Gasteiger partial charge in [0.2, 0.25) is 0 Å². The Morgan fingerprint density at radius 3 is 2.80 bits per heavy atom. The molecule has 0 saturated carbocycles. The molecule has 0 bridgehead atoms. The molecule has 128 valence electrons. The average molecular weight is 337 g/mol. The van der Waals surface area contributed by atoms with E-state index in [9.17, 15) is 4.39 Å². The highest BCUT2D eigenvalue weighted by Crippen LogP contribution is 2.26. The number of imidazole rings is 1. The minimum absolute atomic E-state index is 0.188. The Bertz CT molecular complexity index is 816. The van der Waals surface area contributed by atoms with Gasteiger partial charge in [0, 0.05) is 37.6 Å². The third-order valence-electron chi connectivity index (χ3n) is 4.65. The van der Waals surface area contributed by atoms with Crippen LogP contribution >= 0.6 is 0 Å². The number of hydrogen-bond donors (Lipinski definition) is 0. The average Bonchev–Trinajstić information content (AvgIpc) is 3.19. The SMILES string of the molecule is Fc1ccc(CN2CCCC(c3cncc(-n4ccnc4)n3)C2)cc1. The van der Waals surface area contributed by atoms with E-state index in [1.54, 1.807) is 18.7 Å². The molecule has 3 heterocycles. The van der Waals surface area contributed by atoms with Crippen LogP contribution in [0.5, 0.6) is 0 Å². The quantitative estimate of drug-likeness (QED) is 0.734. The van der Waals surface area contributed by atoms with Gasteiger partial charge in [-0.1, -0.05) is 12.1 Å². The molecule has 0 amide bonds. The molecular formula is C19H20FN5. The van der Waals surface area contributed by atoms with Crippen LogP contribution in [-0.4, -0.2) is 37.5 Å². The zero-order valence-electron chi connectivity index (χ0n) is 13.9. The van der Waals surface area contributed by atoms with E-state index in [1.165, 1.54) is 12.1 Å². The molecule has 6 heteroatoms. The van der Waals surface area contributed by atoms with Crippen LogP contribution in [0.1, 0.15) is 30.0 Å². The molecule has 0 N–H and O–H groups in total. The van der Waals surface area contributed by atoms with Crippen LogP contribution in [0.4, 0.5) is 4.39 Å². The van der Waals surface area contributed by atoms with E-state index < -0.39 is 0 Å². The van der Waals surface area contributed by atoms with Crippen molar-refractivity contribution in [1.82, 2.24) is 24.4 Å². The van der Waals surface area contributed by atoms with Gasteiger partial charge in [-0.15, -0.1) is 0 Å². The van der Waals surface area contributed by atoms with Crippen molar-refractivity contribution in [3.8, 4) is 5.82 Å². The number of nitrogens with zero attached hydrogens (tertiary/aromatic N) is 5. The number of halogens is 1. The zero-order valence-corrected chi connectivity index (χ0v) is 13.9. The van der Waals surface area contributed by atoms with Crippen molar-refractivity contribution >= 4 is 0 Å². The highest BCUT2D eigenvalue weighted by molar-refractivity contribution is 5.22. The van der Waals surface area contributed by atoms with Crippen molar-refractivity contribution in [2.75, 3.05) is 13.1 Å². The number of benzene rings is 1. The smallest absolute Gasteiger partial charge is 0.156 e. The third kappa shape index (κ3) is 3.74.